The first kappa shape index (κ1) is 20.2. The highest BCUT2D eigenvalue weighted by Gasteiger charge is 2.27. The van der Waals surface area contributed by atoms with E-state index < -0.39 is 0 Å². The van der Waals surface area contributed by atoms with Crippen LogP contribution in [0.15, 0.2) is 29.3 Å². The van der Waals surface area contributed by atoms with Gasteiger partial charge in [0.1, 0.15) is 0 Å². The van der Waals surface area contributed by atoms with Gasteiger partial charge >= 0.3 is 5.97 Å². The summed E-state index contributed by atoms with van der Waals surface area (Å²) < 4.78 is 5.13. The molecule has 0 bridgehead atoms. The van der Waals surface area contributed by atoms with E-state index in [1.807, 2.05) is 36.1 Å². The molecule has 2 aliphatic heterocycles. The van der Waals surface area contributed by atoms with E-state index >= 15 is 0 Å². The van der Waals surface area contributed by atoms with Crippen molar-refractivity contribution in [2.75, 3.05) is 38.2 Å². The molecule has 152 valence electrons. The number of hydrogen-bond donors (Lipinski definition) is 1. The first-order valence-electron chi connectivity index (χ1n) is 10.1. The fourth-order valence-corrected chi connectivity index (χ4v) is 3.82. The summed E-state index contributed by atoms with van der Waals surface area (Å²) in [6, 6.07) is 8.12. The zero-order chi connectivity index (χ0) is 19.9. The summed E-state index contributed by atoms with van der Waals surface area (Å²) in [5, 5.41) is 3.40. The van der Waals surface area contributed by atoms with E-state index in [9.17, 15) is 9.59 Å². The quantitative estimate of drug-likeness (QED) is 0.477. The molecule has 0 aromatic heterocycles. The van der Waals surface area contributed by atoms with Gasteiger partial charge in [0.25, 0.3) is 0 Å². The summed E-state index contributed by atoms with van der Waals surface area (Å²) in [4.78, 5) is 32.2. The highest BCUT2D eigenvalue weighted by molar-refractivity contribution is 5.95. The summed E-state index contributed by atoms with van der Waals surface area (Å²) in [5.74, 6) is 0.968. The number of amides is 1. The molecule has 7 nitrogen and oxygen atoms in total. The van der Waals surface area contributed by atoms with Crippen LogP contribution in [-0.4, -0.2) is 56.0 Å². The molecule has 1 aromatic rings. The number of benzene rings is 1. The molecule has 1 amide bonds. The van der Waals surface area contributed by atoms with Crippen molar-refractivity contribution in [1.82, 2.24) is 10.2 Å². The maximum Gasteiger partial charge on any atom is 0.309 e. The summed E-state index contributed by atoms with van der Waals surface area (Å²) in [5.41, 5.74) is 2.11. The van der Waals surface area contributed by atoms with Gasteiger partial charge in [0.15, 0.2) is 5.96 Å². The fraction of sp³-hybridized carbons (Fsp3) is 0.571. The molecule has 0 spiro atoms. The Morgan fingerprint density at radius 1 is 1.21 bits per heavy atom. The molecule has 7 heteroatoms. The van der Waals surface area contributed by atoms with Crippen LogP contribution < -0.4 is 10.2 Å². The Labute approximate surface area is 166 Å². The first-order chi connectivity index (χ1) is 13.6. The van der Waals surface area contributed by atoms with E-state index in [-0.39, 0.29) is 17.8 Å². The van der Waals surface area contributed by atoms with Crippen molar-refractivity contribution in [2.24, 2.45) is 10.9 Å². The van der Waals surface area contributed by atoms with E-state index in [2.05, 4.69) is 15.2 Å². The summed E-state index contributed by atoms with van der Waals surface area (Å²) in [6.07, 6.45) is 3.16. The number of ether oxygens (including phenoxy) is 1. The summed E-state index contributed by atoms with van der Waals surface area (Å²) in [7, 11) is 1.78. The highest BCUT2D eigenvalue weighted by Crippen LogP contribution is 2.22. The van der Waals surface area contributed by atoms with Gasteiger partial charge in [-0.2, -0.15) is 0 Å². The van der Waals surface area contributed by atoms with Crippen LogP contribution in [0.25, 0.3) is 0 Å². The maximum atomic E-state index is 11.9. The zero-order valence-corrected chi connectivity index (χ0v) is 16.8. The second-order valence-corrected chi connectivity index (χ2v) is 7.23. The van der Waals surface area contributed by atoms with Crippen molar-refractivity contribution < 1.29 is 14.3 Å². The summed E-state index contributed by atoms with van der Waals surface area (Å²) >= 11 is 0. The van der Waals surface area contributed by atoms with Crippen LogP contribution in [0.4, 0.5) is 5.69 Å². The van der Waals surface area contributed by atoms with E-state index in [4.69, 9.17) is 4.74 Å². The third-order valence-corrected chi connectivity index (χ3v) is 5.40. The van der Waals surface area contributed by atoms with Gasteiger partial charge in [-0.25, -0.2) is 0 Å². The number of hydrogen-bond acceptors (Lipinski definition) is 4. The molecule has 1 aromatic carbocycles. The molecule has 0 atom stereocenters. The minimum atomic E-state index is -0.0818. The lowest BCUT2D eigenvalue weighted by Gasteiger charge is -2.33. The predicted octanol–water partition coefficient (Wildman–Crippen LogP) is 2.16. The number of carbonyl (C=O) groups is 2. The second kappa shape index (κ2) is 9.57. The molecule has 0 unspecified atom stereocenters. The van der Waals surface area contributed by atoms with Gasteiger partial charge in [-0.05, 0) is 43.9 Å². The molecule has 3 rings (SSSR count). The monoisotopic (exact) mass is 386 g/mol. The van der Waals surface area contributed by atoms with Crippen LogP contribution in [0.1, 0.15) is 38.2 Å². The second-order valence-electron chi connectivity index (χ2n) is 7.23. The summed E-state index contributed by atoms with van der Waals surface area (Å²) in [6.45, 7) is 5.34. The molecule has 2 fully saturated rings. The molecule has 0 radical (unpaired) electrons. The molecule has 0 aliphatic carbocycles. The Bertz CT molecular complexity index is 709. The number of rotatable bonds is 5. The standard InChI is InChI=1S/C21H30N4O3/c1-3-28-20(27)17-10-13-24(14-11-17)21(22-2)23-15-16-6-8-18(9-7-16)25-12-4-5-19(25)26/h6-9,17H,3-5,10-15H2,1-2H3,(H,22,23). The predicted molar refractivity (Wildman–Crippen MR) is 109 cm³/mol. The molecule has 0 saturated carbocycles. The number of anilines is 1. The number of carbonyl (C=O) groups excluding carboxylic acids is 2. The zero-order valence-electron chi connectivity index (χ0n) is 16.8. The third-order valence-electron chi connectivity index (χ3n) is 5.40. The lowest BCUT2D eigenvalue weighted by atomic mass is 9.97. The SMILES string of the molecule is CCOC(=O)C1CCN(C(=NC)NCc2ccc(N3CCCC3=O)cc2)CC1. The number of nitrogens with one attached hydrogen (secondary N) is 1. The lowest BCUT2D eigenvalue weighted by Crippen LogP contribution is -2.46. The van der Waals surface area contributed by atoms with Gasteiger partial charge in [-0.1, -0.05) is 12.1 Å². The normalized spacial score (nSPS) is 18.5. The first-order valence-corrected chi connectivity index (χ1v) is 10.1. The molecule has 28 heavy (non-hydrogen) atoms. The molecule has 1 N–H and O–H groups in total. The van der Waals surface area contributed by atoms with Crippen molar-refractivity contribution in [3.05, 3.63) is 29.8 Å². The van der Waals surface area contributed by atoms with E-state index in [0.717, 1.165) is 56.1 Å². The number of piperidine rings is 1. The topological polar surface area (TPSA) is 74.2 Å². The largest absolute Gasteiger partial charge is 0.466 e. The van der Waals surface area contributed by atoms with Gasteiger partial charge in [-0.3, -0.25) is 14.6 Å². The van der Waals surface area contributed by atoms with Crippen LogP contribution in [0.3, 0.4) is 0 Å². The Balaban J connectivity index is 1.49. The van der Waals surface area contributed by atoms with Crippen molar-refractivity contribution in [3.63, 3.8) is 0 Å². The van der Waals surface area contributed by atoms with Crippen LogP contribution >= 0.6 is 0 Å². The number of aliphatic imine (C=N–C) groups is 1. The van der Waals surface area contributed by atoms with Crippen LogP contribution in [-0.2, 0) is 20.9 Å². The van der Waals surface area contributed by atoms with Crippen LogP contribution in [0.5, 0.6) is 0 Å². The number of likely N-dealkylation sites (tertiary alicyclic amines) is 1. The Morgan fingerprint density at radius 2 is 1.93 bits per heavy atom. The van der Waals surface area contributed by atoms with E-state index in [1.54, 1.807) is 7.05 Å². The minimum Gasteiger partial charge on any atom is -0.466 e. The average Bonchev–Trinajstić information content (AvgIpc) is 3.15. The smallest absolute Gasteiger partial charge is 0.309 e. The Hall–Kier alpha value is -2.57. The molecule has 2 aliphatic rings. The van der Waals surface area contributed by atoms with Gasteiger partial charge in [0.2, 0.25) is 5.91 Å². The molecule has 2 saturated heterocycles. The Kier molecular flexibility index (Phi) is 6.90. The van der Waals surface area contributed by atoms with Gasteiger partial charge in [-0.15, -0.1) is 0 Å². The lowest BCUT2D eigenvalue weighted by molar-refractivity contribution is -0.149. The molecule has 2 heterocycles. The van der Waals surface area contributed by atoms with Crippen molar-refractivity contribution >= 4 is 23.5 Å². The molecular formula is C21H30N4O3. The van der Waals surface area contributed by atoms with E-state index in [0.29, 0.717) is 19.6 Å². The third kappa shape index (κ3) is 4.82. The number of nitrogens with zero attached hydrogens (tertiary/aromatic N) is 3. The van der Waals surface area contributed by atoms with Crippen molar-refractivity contribution in [3.8, 4) is 0 Å². The van der Waals surface area contributed by atoms with Gasteiger partial charge < -0.3 is 19.9 Å². The van der Waals surface area contributed by atoms with Crippen LogP contribution in [0, 0.1) is 5.92 Å². The number of guanidine groups is 1. The minimum absolute atomic E-state index is 0.00449. The Morgan fingerprint density at radius 3 is 2.50 bits per heavy atom. The van der Waals surface area contributed by atoms with E-state index in [1.165, 1.54) is 0 Å². The molecular weight excluding hydrogens is 356 g/mol. The maximum absolute atomic E-state index is 11.9. The van der Waals surface area contributed by atoms with Crippen LogP contribution in [0.2, 0.25) is 0 Å². The average molecular weight is 386 g/mol. The number of esters is 1. The van der Waals surface area contributed by atoms with Crippen molar-refractivity contribution in [1.29, 1.82) is 0 Å². The fourth-order valence-electron chi connectivity index (χ4n) is 3.82. The van der Waals surface area contributed by atoms with Gasteiger partial charge in [0, 0.05) is 45.3 Å². The highest BCUT2D eigenvalue weighted by atomic mass is 16.5. The van der Waals surface area contributed by atoms with Crippen molar-refractivity contribution in [2.45, 2.75) is 39.2 Å². The van der Waals surface area contributed by atoms with Gasteiger partial charge in [0.05, 0.1) is 12.5 Å².